The van der Waals surface area contributed by atoms with E-state index >= 15 is 0 Å². The van der Waals surface area contributed by atoms with E-state index in [1.54, 1.807) is 0 Å². The van der Waals surface area contributed by atoms with Gasteiger partial charge in [0.1, 0.15) is 0 Å². The Morgan fingerprint density at radius 2 is 2.15 bits per heavy atom. The molecule has 3 heterocycles. The molecule has 0 saturated carbocycles. The van der Waals surface area contributed by atoms with Gasteiger partial charge in [-0.15, -0.1) is 0 Å². The van der Waals surface area contributed by atoms with Crippen LogP contribution in [0.3, 0.4) is 0 Å². The van der Waals surface area contributed by atoms with Gasteiger partial charge in [0.25, 0.3) is 5.56 Å². The van der Waals surface area contributed by atoms with Crippen LogP contribution in [0.1, 0.15) is 30.5 Å². The van der Waals surface area contributed by atoms with Crippen molar-refractivity contribution in [1.29, 1.82) is 0 Å². The second-order valence-corrected chi connectivity index (χ2v) is 7.11. The number of nitrogens with one attached hydrogen (secondary N) is 2. The number of nitrogens with zero attached hydrogens (tertiary/aromatic N) is 1. The molecular formula is C20H25N3O3. The lowest BCUT2D eigenvalue weighted by Crippen LogP contribution is -2.39. The molecule has 0 aliphatic carbocycles. The highest BCUT2D eigenvalue weighted by Crippen LogP contribution is 2.24. The molecule has 0 bridgehead atoms. The van der Waals surface area contributed by atoms with Crippen LogP contribution in [0.4, 0.5) is 0 Å². The third kappa shape index (κ3) is 3.52. The first-order valence-corrected chi connectivity index (χ1v) is 9.45. The number of fused-ring (bicyclic) bond motifs is 3. The zero-order valence-electron chi connectivity index (χ0n) is 14.9. The molecule has 4 rings (SSSR count). The minimum absolute atomic E-state index is 0.0770. The fourth-order valence-electron chi connectivity index (χ4n) is 3.96. The maximum absolute atomic E-state index is 12.5. The normalized spacial score (nSPS) is 19.7. The maximum atomic E-state index is 12.5. The van der Waals surface area contributed by atoms with Crippen LogP contribution in [0.5, 0.6) is 0 Å². The summed E-state index contributed by atoms with van der Waals surface area (Å²) in [7, 11) is 0. The van der Waals surface area contributed by atoms with Crippen LogP contribution < -0.4 is 10.9 Å². The number of pyridine rings is 1. The SMILES string of the molecule is O=C(CCNC[C@H]1CCCO1)N1CCc2c([nH]c(=O)c3ccccc23)C1. The predicted molar refractivity (Wildman–Crippen MR) is 100 cm³/mol. The minimum atomic E-state index is -0.0770. The van der Waals surface area contributed by atoms with Crippen LogP contribution in [0.15, 0.2) is 29.1 Å². The lowest BCUT2D eigenvalue weighted by atomic mass is 9.98. The number of aromatic amines is 1. The van der Waals surface area contributed by atoms with Crippen LogP contribution >= 0.6 is 0 Å². The zero-order chi connectivity index (χ0) is 17.9. The molecule has 0 unspecified atom stereocenters. The van der Waals surface area contributed by atoms with Crippen LogP contribution in [0.25, 0.3) is 10.8 Å². The highest BCUT2D eigenvalue weighted by atomic mass is 16.5. The number of aromatic nitrogens is 1. The van der Waals surface area contributed by atoms with E-state index in [0.29, 0.717) is 32.2 Å². The topological polar surface area (TPSA) is 74.4 Å². The number of carbonyl (C=O) groups is 1. The molecule has 1 amide bonds. The van der Waals surface area contributed by atoms with Crippen molar-refractivity contribution in [3.05, 3.63) is 45.9 Å². The number of hydrogen-bond donors (Lipinski definition) is 2. The van der Waals surface area contributed by atoms with Crippen LogP contribution in [-0.2, 0) is 22.5 Å². The van der Waals surface area contributed by atoms with E-state index in [0.717, 1.165) is 48.9 Å². The number of benzene rings is 1. The Bertz CT molecular complexity index is 855. The van der Waals surface area contributed by atoms with Gasteiger partial charge in [0.15, 0.2) is 0 Å². The molecule has 6 heteroatoms. The Morgan fingerprint density at radius 3 is 2.96 bits per heavy atom. The Labute approximate surface area is 152 Å². The summed E-state index contributed by atoms with van der Waals surface area (Å²) in [5.41, 5.74) is 1.97. The van der Waals surface area contributed by atoms with Crippen molar-refractivity contribution >= 4 is 16.7 Å². The summed E-state index contributed by atoms with van der Waals surface area (Å²) in [5, 5.41) is 5.06. The van der Waals surface area contributed by atoms with Crippen molar-refractivity contribution in [2.75, 3.05) is 26.2 Å². The molecule has 0 radical (unpaired) electrons. The van der Waals surface area contributed by atoms with Crippen molar-refractivity contribution in [2.24, 2.45) is 0 Å². The Hall–Kier alpha value is -2.18. The molecule has 6 nitrogen and oxygen atoms in total. The largest absolute Gasteiger partial charge is 0.377 e. The second kappa shape index (κ2) is 7.60. The molecule has 1 aromatic heterocycles. The average molecular weight is 355 g/mol. The smallest absolute Gasteiger partial charge is 0.256 e. The number of ether oxygens (including phenoxy) is 1. The van der Waals surface area contributed by atoms with Gasteiger partial charge >= 0.3 is 0 Å². The van der Waals surface area contributed by atoms with Gasteiger partial charge in [-0.2, -0.15) is 0 Å². The zero-order valence-corrected chi connectivity index (χ0v) is 14.9. The van der Waals surface area contributed by atoms with E-state index in [1.165, 1.54) is 5.56 Å². The highest BCUT2D eigenvalue weighted by Gasteiger charge is 2.23. The van der Waals surface area contributed by atoms with Gasteiger partial charge in [0, 0.05) is 43.7 Å². The first-order chi connectivity index (χ1) is 12.7. The summed E-state index contributed by atoms with van der Waals surface area (Å²) >= 11 is 0. The van der Waals surface area contributed by atoms with E-state index < -0.39 is 0 Å². The summed E-state index contributed by atoms with van der Waals surface area (Å²) in [4.78, 5) is 29.6. The quantitative estimate of drug-likeness (QED) is 0.799. The standard InChI is InChI=1S/C20H25N3O3/c24-19(7-9-21-12-14-4-3-11-26-14)23-10-8-16-15-5-1-2-6-17(15)20(25)22-18(16)13-23/h1-2,5-6,14,21H,3-4,7-13H2,(H,22,25)/t14-/m1/s1. The maximum Gasteiger partial charge on any atom is 0.256 e. The molecule has 1 fully saturated rings. The fourth-order valence-corrected chi connectivity index (χ4v) is 3.96. The number of rotatable bonds is 5. The van der Waals surface area contributed by atoms with E-state index in [4.69, 9.17) is 4.74 Å². The number of H-pyrrole nitrogens is 1. The Balaban J connectivity index is 1.37. The van der Waals surface area contributed by atoms with Crippen molar-refractivity contribution in [2.45, 2.75) is 38.3 Å². The molecule has 1 atom stereocenters. The summed E-state index contributed by atoms with van der Waals surface area (Å²) in [6.07, 6.45) is 3.78. The molecule has 2 N–H and O–H groups in total. The van der Waals surface area contributed by atoms with Crippen LogP contribution in [0, 0.1) is 0 Å². The lowest BCUT2D eigenvalue weighted by molar-refractivity contribution is -0.132. The summed E-state index contributed by atoms with van der Waals surface area (Å²) < 4.78 is 5.57. The summed E-state index contributed by atoms with van der Waals surface area (Å²) in [6.45, 7) is 3.52. The third-order valence-electron chi connectivity index (χ3n) is 5.37. The lowest BCUT2D eigenvalue weighted by Gasteiger charge is -2.29. The number of hydrogen-bond acceptors (Lipinski definition) is 4. The monoisotopic (exact) mass is 355 g/mol. The van der Waals surface area contributed by atoms with Gasteiger partial charge < -0.3 is 19.9 Å². The van der Waals surface area contributed by atoms with Gasteiger partial charge in [0.05, 0.1) is 12.6 Å². The molecule has 2 aliphatic rings. The van der Waals surface area contributed by atoms with E-state index in [9.17, 15) is 9.59 Å². The van der Waals surface area contributed by atoms with E-state index in [1.807, 2.05) is 29.2 Å². The van der Waals surface area contributed by atoms with E-state index in [-0.39, 0.29) is 11.5 Å². The van der Waals surface area contributed by atoms with Crippen LogP contribution in [0.2, 0.25) is 0 Å². The number of carbonyl (C=O) groups excluding carboxylic acids is 1. The molecule has 1 saturated heterocycles. The van der Waals surface area contributed by atoms with Crippen molar-refractivity contribution in [3.8, 4) is 0 Å². The van der Waals surface area contributed by atoms with Gasteiger partial charge in [-0.3, -0.25) is 9.59 Å². The van der Waals surface area contributed by atoms with Gasteiger partial charge in [-0.05, 0) is 36.3 Å². The third-order valence-corrected chi connectivity index (χ3v) is 5.37. The molecule has 1 aromatic carbocycles. The van der Waals surface area contributed by atoms with Gasteiger partial charge in [-0.25, -0.2) is 0 Å². The van der Waals surface area contributed by atoms with Crippen molar-refractivity contribution in [1.82, 2.24) is 15.2 Å². The van der Waals surface area contributed by atoms with Crippen molar-refractivity contribution < 1.29 is 9.53 Å². The highest BCUT2D eigenvalue weighted by molar-refractivity contribution is 5.86. The van der Waals surface area contributed by atoms with Crippen molar-refractivity contribution in [3.63, 3.8) is 0 Å². The Morgan fingerprint density at radius 1 is 1.31 bits per heavy atom. The number of amides is 1. The first-order valence-electron chi connectivity index (χ1n) is 9.45. The fraction of sp³-hybridized carbons (Fsp3) is 0.500. The molecule has 26 heavy (non-hydrogen) atoms. The summed E-state index contributed by atoms with van der Waals surface area (Å²) in [5.74, 6) is 0.129. The van der Waals surface area contributed by atoms with Crippen LogP contribution in [-0.4, -0.2) is 48.1 Å². The molecule has 2 aliphatic heterocycles. The molecular weight excluding hydrogens is 330 g/mol. The first kappa shape index (κ1) is 17.2. The Kier molecular flexibility index (Phi) is 5.04. The average Bonchev–Trinajstić information content (AvgIpc) is 3.18. The molecule has 0 spiro atoms. The van der Waals surface area contributed by atoms with Gasteiger partial charge in [0.2, 0.25) is 5.91 Å². The second-order valence-electron chi connectivity index (χ2n) is 7.11. The molecule has 2 aromatic rings. The van der Waals surface area contributed by atoms with Gasteiger partial charge in [-0.1, -0.05) is 18.2 Å². The predicted octanol–water partition coefficient (Wildman–Crippen LogP) is 1.57. The minimum Gasteiger partial charge on any atom is -0.377 e. The molecule has 138 valence electrons. The van der Waals surface area contributed by atoms with E-state index in [2.05, 4.69) is 10.3 Å². The summed E-state index contributed by atoms with van der Waals surface area (Å²) in [6, 6.07) is 7.69.